The van der Waals surface area contributed by atoms with Crippen LogP contribution in [0.15, 0.2) is 29.3 Å². The molecule has 0 radical (unpaired) electrons. The first-order valence-electron chi connectivity index (χ1n) is 9.31. The second-order valence-corrected chi connectivity index (χ2v) is 6.88. The molecule has 0 bridgehead atoms. The number of piperazine rings is 1. The van der Waals surface area contributed by atoms with Crippen molar-refractivity contribution in [3.05, 3.63) is 30.1 Å². The van der Waals surface area contributed by atoms with Crippen LogP contribution in [0.4, 0.5) is 4.39 Å². The van der Waals surface area contributed by atoms with E-state index in [9.17, 15) is 4.39 Å². The van der Waals surface area contributed by atoms with Crippen LogP contribution in [-0.4, -0.2) is 81.3 Å². The molecule has 0 amide bonds. The van der Waals surface area contributed by atoms with Crippen molar-refractivity contribution in [3.8, 4) is 5.75 Å². The minimum Gasteiger partial charge on any atom is -0.489 e. The number of hydrogen-bond acceptors (Lipinski definition) is 4. The maximum Gasteiger partial charge on any atom is 0.191 e. The van der Waals surface area contributed by atoms with E-state index >= 15 is 0 Å². The monoisotopic (exact) mass is 493 g/mol. The second kappa shape index (κ2) is 12.4. The second-order valence-electron chi connectivity index (χ2n) is 6.88. The van der Waals surface area contributed by atoms with Crippen molar-refractivity contribution in [1.82, 2.24) is 20.4 Å². The summed E-state index contributed by atoms with van der Waals surface area (Å²) in [6.07, 6.45) is -0.0978. The highest BCUT2D eigenvalue weighted by Crippen LogP contribution is 2.13. The first-order valence-corrected chi connectivity index (χ1v) is 9.31. The van der Waals surface area contributed by atoms with Crippen molar-refractivity contribution in [2.75, 3.05) is 53.4 Å². The predicted molar refractivity (Wildman–Crippen MR) is 120 cm³/mol. The summed E-state index contributed by atoms with van der Waals surface area (Å²) in [5.74, 6) is 1.18. The number of halogens is 2. The summed E-state index contributed by atoms with van der Waals surface area (Å²) in [6, 6.07) is 6.53. The van der Waals surface area contributed by atoms with Crippen molar-refractivity contribution >= 4 is 29.9 Å². The van der Waals surface area contributed by atoms with Gasteiger partial charge in [0, 0.05) is 38.8 Å². The van der Waals surface area contributed by atoms with Crippen molar-refractivity contribution in [2.45, 2.75) is 26.0 Å². The lowest BCUT2D eigenvalue weighted by Crippen LogP contribution is -2.55. The molecule has 8 heteroatoms. The Kier molecular flexibility index (Phi) is 10.9. The molecular weight excluding hydrogens is 460 g/mol. The van der Waals surface area contributed by atoms with E-state index in [1.54, 1.807) is 12.1 Å². The number of benzene rings is 1. The summed E-state index contributed by atoms with van der Waals surface area (Å²) in [4.78, 5) is 9.36. The Morgan fingerprint density at radius 1 is 1.26 bits per heavy atom. The topological polar surface area (TPSA) is 52.1 Å². The van der Waals surface area contributed by atoms with E-state index < -0.39 is 0 Å². The van der Waals surface area contributed by atoms with Gasteiger partial charge in [-0.2, -0.15) is 0 Å². The molecule has 0 saturated carbocycles. The predicted octanol–water partition coefficient (Wildman–Crippen LogP) is 2.01. The summed E-state index contributed by atoms with van der Waals surface area (Å²) in [5.41, 5.74) is 0. The summed E-state index contributed by atoms with van der Waals surface area (Å²) >= 11 is 0. The molecule has 0 aromatic heterocycles. The molecule has 2 unspecified atom stereocenters. The van der Waals surface area contributed by atoms with Gasteiger partial charge in [0.15, 0.2) is 5.96 Å². The molecule has 6 nitrogen and oxygen atoms in total. The Labute approximate surface area is 179 Å². The minimum absolute atomic E-state index is 0. The third-order valence-electron chi connectivity index (χ3n) is 4.49. The zero-order valence-corrected chi connectivity index (χ0v) is 19.1. The molecule has 1 aliphatic heterocycles. The van der Waals surface area contributed by atoms with Gasteiger partial charge in [-0.15, -0.1) is 24.0 Å². The van der Waals surface area contributed by atoms with Gasteiger partial charge in [-0.05, 0) is 52.2 Å². The van der Waals surface area contributed by atoms with E-state index in [0.717, 1.165) is 38.7 Å². The Hall–Kier alpha value is -1.13. The van der Waals surface area contributed by atoms with E-state index in [0.29, 0.717) is 18.3 Å². The van der Waals surface area contributed by atoms with Crippen LogP contribution in [-0.2, 0) is 0 Å². The molecule has 1 saturated heterocycles. The number of likely N-dealkylation sites (N-methyl/N-ethyl adjacent to an activating group) is 2. The van der Waals surface area contributed by atoms with E-state index in [2.05, 4.69) is 46.4 Å². The van der Waals surface area contributed by atoms with E-state index in [1.165, 1.54) is 12.1 Å². The van der Waals surface area contributed by atoms with Crippen molar-refractivity contribution in [1.29, 1.82) is 0 Å². The molecule has 1 fully saturated rings. The van der Waals surface area contributed by atoms with E-state index in [-0.39, 0.29) is 35.9 Å². The van der Waals surface area contributed by atoms with Crippen LogP contribution < -0.4 is 15.4 Å². The fourth-order valence-corrected chi connectivity index (χ4v) is 2.88. The largest absolute Gasteiger partial charge is 0.489 e. The highest BCUT2D eigenvalue weighted by molar-refractivity contribution is 14.0. The number of rotatable bonds is 7. The molecule has 27 heavy (non-hydrogen) atoms. The van der Waals surface area contributed by atoms with Crippen LogP contribution >= 0.6 is 24.0 Å². The number of nitrogens with zero attached hydrogens (tertiary/aromatic N) is 3. The zero-order valence-electron chi connectivity index (χ0n) is 16.7. The van der Waals surface area contributed by atoms with Gasteiger partial charge in [0.1, 0.15) is 17.7 Å². The molecule has 0 spiro atoms. The highest BCUT2D eigenvalue weighted by Gasteiger charge is 2.22. The molecule has 0 aliphatic carbocycles. The van der Waals surface area contributed by atoms with Gasteiger partial charge >= 0.3 is 0 Å². The summed E-state index contributed by atoms with van der Waals surface area (Å²) < 4.78 is 18.7. The fourth-order valence-electron chi connectivity index (χ4n) is 2.88. The van der Waals surface area contributed by atoms with Gasteiger partial charge in [0.05, 0.1) is 6.54 Å². The quantitative estimate of drug-likeness (QED) is 0.346. The Balaban J connectivity index is 0.00000364. The number of ether oxygens (including phenoxy) is 1. The first-order chi connectivity index (χ1) is 12.5. The molecule has 1 heterocycles. The molecule has 1 aromatic carbocycles. The maximum atomic E-state index is 13.0. The number of nitrogens with one attached hydrogen (secondary N) is 2. The lowest BCUT2D eigenvalue weighted by molar-refractivity contribution is 0.116. The maximum absolute atomic E-state index is 13.0. The van der Waals surface area contributed by atoms with Crippen molar-refractivity contribution in [2.24, 2.45) is 4.99 Å². The van der Waals surface area contributed by atoms with Gasteiger partial charge in [0.25, 0.3) is 0 Å². The van der Waals surface area contributed by atoms with E-state index in [4.69, 9.17) is 4.74 Å². The molecule has 1 aromatic rings. The third kappa shape index (κ3) is 8.61. The third-order valence-corrected chi connectivity index (χ3v) is 4.49. The SMILES string of the molecule is CCNC(=NCC(C)Oc1ccc(F)cc1)NCC1CN(C)CCN1C.I. The van der Waals surface area contributed by atoms with Gasteiger partial charge in [-0.3, -0.25) is 4.90 Å². The Morgan fingerprint density at radius 2 is 1.96 bits per heavy atom. The average molecular weight is 493 g/mol. The normalized spacial score (nSPS) is 19.9. The van der Waals surface area contributed by atoms with Crippen molar-refractivity contribution < 1.29 is 9.13 Å². The van der Waals surface area contributed by atoms with Crippen LogP contribution in [0.1, 0.15) is 13.8 Å². The van der Waals surface area contributed by atoms with Crippen molar-refractivity contribution in [3.63, 3.8) is 0 Å². The smallest absolute Gasteiger partial charge is 0.191 e. The number of guanidine groups is 1. The van der Waals surface area contributed by atoms with Gasteiger partial charge in [0.2, 0.25) is 0 Å². The van der Waals surface area contributed by atoms with E-state index in [1.807, 2.05) is 6.92 Å². The van der Waals surface area contributed by atoms with Gasteiger partial charge < -0.3 is 20.3 Å². The number of aliphatic imine (C=N–C) groups is 1. The summed E-state index contributed by atoms with van der Waals surface area (Å²) in [7, 11) is 4.33. The van der Waals surface area contributed by atoms with Crippen LogP contribution in [0.3, 0.4) is 0 Å². The minimum atomic E-state index is -0.264. The Bertz CT molecular complexity index is 572. The van der Waals surface area contributed by atoms with Crippen LogP contribution in [0.2, 0.25) is 0 Å². The molecule has 2 rings (SSSR count). The lowest BCUT2D eigenvalue weighted by atomic mass is 10.2. The zero-order chi connectivity index (χ0) is 18.9. The molecule has 1 aliphatic rings. The summed E-state index contributed by atoms with van der Waals surface area (Å²) in [5, 5.41) is 6.71. The standard InChI is InChI=1S/C19H32FN5O.HI/c1-5-21-19(23-13-17-14-24(3)10-11-25(17)4)22-12-15(2)26-18-8-6-16(20)7-9-18;/h6-9,15,17H,5,10-14H2,1-4H3,(H2,21,22,23);1H. The Morgan fingerprint density at radius 3 is 2.63 bits per heavy atom. The first kappa shape index (κ1) is 23.9. The molecule has 154 valence electrons. The fraction of sp³-hybridized carbons (Fsp3) is 0.632. The average Bonchev–Trinajstić information content (AvgIpc) is 2.62. The highest BCUT2D eigenvalue weighted by atomic mass is 127. The lowest BCUT2D eigenvalue weighted by Gasteiger charge is -2.37. The van der Waals surface area contributed by atoms with Gasteiger partial charge in [-0.25, -0.2) is 9.38 Å². The molecule has 2 atom stereocenters. The van der Waals surface area contributed by atoms with Crippen LogP contribution in [0.25, 0.3) is 0 Å². The number of hydrogen-bond donors (Lipinski definition) is 2. The van der Waals surface area contributed by atoms with Crippen LogP contribution in [0, 0.1) is 5.82 Å². The van der Waals surface area contributed by atoms with Crippen LogP contribution in [0.5, 0.6) is 5.75 Å². The molecule has 2 N–H and O–H groups in total. The molecular formula is C19H33FIN5O. The van der Waals surface area contributed by atoms with Gasteiger partial charge in [-0.1, -0.05) is 0 Å². The summed E-state index contributed by atoms with van der Waals surface area (Å²) in [6.45, 7) is 9.42.